The van der Waals surface area contributed by atoms with Crippen LogP contribution in [0.15, 0.2) is 66.7 Å². The SMILES string of the molecule is CCOC(=O)c1cc(C#N)c(N2CCC(C(=O)NS(=O)(=O)Cc3ccccc3)CC2)nc1C(F)F.CCc1c(C#N)c(N2CCC(C(=O)NS(=O)(=O)Cc3ccccc3)CC2)nc(C(F)F)c1C(=O)O. The summed E-state index contributed by atoms with van der Waals surface area (Å²) in [5, 5.41) is 28.6. The van der Waals surface area contributed by atoms with Crippen LogP contribution in [-0.4, -0.2) is 88.4 Å². The Morgan fingerprint density at radius 1 is 0.729 bits per heavy atom. The van der Waals surface area contributed by atoms with Crippen molar-refractivity contribution in [3.05, 3.63) is 117 Å². The Balaban J connectivity index is 0.000000261. The number of alkyl halides is 4. The minimum atomic E-state index is -3.90. The van der Waals surface area contributed by atoms with Gasteiger partial charge in [-0.05, 0) is 61.8 Å². The van der Waals surface area contributed by atoms with Gasteiger partial charge in [0.1, 0.15) is 35.2 Å². The van der Waals surface area contributed by atoms with Crippen molar-refractivity contribution in [2.24, 2.45) is 11.8 Å². The molecule has 2 aliphatic heterocycles. The highest BCUT2D eigenvalue weighted by Crippen LogP contribution is 2.35. The third kappa shape index (κ3) is 13.7. The first-order valence-corrected chi connectivity index (χ1v) is 25.1. The summed E-state index contributed by atoms with van der Waals surface area (Å²) in [5.74, 6) is -5.89. The van der Waals surface area contributed by atoms with Gasteiger partial charge in [-0.1, -0.05) is 67.6 Å². The molecule has 70 heavy (non-hydrogen) atoms. The number of nitriles is 2. The van der Waals surface area contributed by atoms with Crippen molar-refractivity contribution in [1.29, 1.82) is 10.5 Å². The maximum absolute atomic E-state index is 13.6. The monoisotopic (exact) mass is 1010 g/mol. The van der Waals surface area contributed by atoms with Crippen LogP contribution in [0, 0.1) is 34.5 Å². The summed E-state index contributed by atoms with van der Waals surface area (Å²) < 4.78 is 113. The fourth-order valence-corrected chi connectivity index (χ4v) is 10.3. The van der Waals surface area contributed by atoms with Gasteiger partial charge in [-0.25, -0.2) is 54.0 Å². The number of carbonyl (C=O) groups is 4. The quantitative estimate of drug-likeness (QED) is 0.0865. The van der Waals surface area contributed by atoms with Gasteiger partial charge < -0.3 is 19.6 Å². The summed E-state index contributed by atoms with van der Waals surface area (Å²) in [6, 6.07) is 21.6. The number of aromatic carboxylic acids is 1. The summed E-state index contributed by atoms with van der Waals surface area (Å²) in [7, 11) is -7.79. The zero-order valence-electron chi connectivity index (χ0n) is 37.8. The van der Waals surface area contributed by atoms with Crippen LogP contribution in [0.25, 0.3) is 0 Å². The molecule has 372 valence electrons. The number of anilines is 2. The normalized spacial score (nSPS) is 14.5. The third-order valence-electron chi connectivity index (χ3n) is 11.3. The Morgan fingerprint density at radius 2 is 1.17 bits per heavy atom. The van der Waals surface area contributed by atoms with E-state index in [1.165, 1.54) is 6.92 Å². The molecule has 6 rings (SSSR count). The molecule has 2 aromatic carbocycles. The molecule has 3 N–H and O–H groups in total. The number of pyridine rings is 2. The highest BCUT2D eigenvalue weighted by atomic mass is 32.2. The highest BCUT2D eigenvalue weighted by Gasteiger charge is 2.35. The number of carbonyl (C=O) groups excluding carboxylic acids is 3. The number of nitrogens with zero attached hydrogens (tertiary/aromatic N) is 6. The maximum Gasteiger partial charge on any atom is 0.340 e. The molecule has 0 radical (unpaired) electrons. The lowest BCUT2D eigenvalue weighted by atomic mass is 9.94. The summed E-state index contributed by atoms with van der Waals surface area (Å²) in [5.41, 5.74) is -1.95. The van der Waals surface area contributed by atoms with E-state index in [0.29, 0.717) is 11.1 Å². The Kier molecular flexibility index (Phi) is 18.4. The van der Waals surface area contributed by atoms with Gasteiger partial charge in [0.15, 0.2) is 0 Å². The first-order valence-electron chi connectivity index (χ1n) is 21.8. The van der Waals surface area contributed by atoms with E-state index in [-0.39, 0.29) is 105 Å². The van der Waals surface area contributed by atoms with Crippen molar-refractivity contribution in [3.63, 3.8) is 0 Å². The van der Waals surface area contributed by atoms with Crippen LogP contribution in [0.5, 0.6) is 0 Å². The van der Waals surface area contributed by atoms with E-state index in [1.54, 1.807) is 77.4 Å². The lowest BCUT2D eigenvalue weighted by Gasteiger charge is -2.33. The number of hydrogen-bond acceptors (Lipinski definition) is 15. The molecule has 0 aliphatic carbocycles. The summed E-state index contributed by atoms with van der Waals surface area (Å²) >= 11 is 0. The summed E-state index contributed by atoms with van der Waals surface area (Å²) in [6.07, 6.45) is -5.34. The molecule has 2 fully saturated rings. The smallest absolute Gasteiger partial charge is 0.340 e. The highest BCUT2D eigenvalue weighted by molar-refractivity contribution is 7.89. The van der Waals surface area contributed by atoms with Gasteiger partial charge in [-0.3, -0.25) is 19.0 Å². The van der Waals surface area contributed by atoms with Gasteiger partial charge in [-0.15, -0.1) is 0 Å². The molecule has 0 atom stereocenters. The average Bonchev–Trinajstić information content (AvgIpc) is 3.33. The minimum absolute atomic E-state index is 0.0211. The number of piperidine rings is 2. The second kappa shape index (κ2) is 23.9. The Morgan fingerprint density at radius 3 is 1.56 bits per heavy atom. The van der Waals surface area contributed by atoms with Gasteiger partial charge in [0, 0.05) is 38.0 Å². The van der Waals surface area contributed by atoms with E-state index >= 15 is 0 Å². The van der Waals surface area contributed by atoms with Crippen molar-refractivity contribution in [1.82, 2.24) is 19.4 Å². The number of carboxylic acid groups (broad SMARTS) is 1. The van der Waals surface area contributed by atoms with Crippen LogP contribution >= 0.6 is 0 Å². The fraction of sp³-hybridized carbons (Fsp3) is 0.391. The number of esters is 1. The Bertz CT molecular complexity index is 2870. The van der Waals surface area contributed by atoms with Crippen molar-refractivity contribution in [3.8, 4) is 12.1 Å². The van der Waals surface area contributed by atoms with Crippen LogP contribution in [0.2, 0.25) is 0 Å². The molecule has 0 unspecified atom stereocenters. The van der Waals surface area contributed by atoms with Gasteiger partial charge in [0.2, 0.25) is 31.9 Å². The largest absolute Gasteiger partial charge is 0.478 e. The molecule has 2 amide bonds. The van der Waals surface area contributed by atoms with Crippen LogP contribution < -0.4 is 19.2 Å². The van der Waals surface area contributed by atoms with E-state index in [9.17, 15) is 69.2 Å². The van der Waals surface area contributed by atoms with Crippen molar-refractivity contribution < 1.29 is 63.4 Å². The molecule has 2 aliphatic rings. The predicted molar refractivity (Wildman–Crippen MR) is 244 cm³/mol. The second-order valence-corrected chi connectivity index (χ2v) is 19.4. The molecule has 2 aromatic heterocycles. The van der Waals surface area contributed by atoms with Crippen LogP contribution in [0.3, 0.4) is 0 Å². The molecule has 4 heterocycles. The molecule has 4 aromatic rings. The topological polar surface area (TPSA) is 270 Å². The van der Waals surface area contributed by atoms with Crippen LogP contribution in [0.4, 0.5) is 29.2 Å². The average molecular weight is 1010 g/mol. The summed E-state index contributed by atoms with van der Waals surface area (Å²) in [6.45, 7) is 3.73. The first kappa shape index (κ1) is 53.8. The zero-order chi connectivity index (χ0) is 51.3. The molecule has 0 saturated carbocycles. The van der Waals surface area contributed by atoms with E-state index in [1.807, 2.05) is 12.1 Å². The number of ether oxygens (including phenoxy) is 1. The number of aromatic nitrogens is 2. The molecule has 24 heteroatoms. The Labute approximate surface area is 401 Å². The standard InChI is InChI=1S/2C23H24F2N4O5S/c1-2-34-23(31)18-12-17(13-26)21(27-19(18)20(24)25)29-10-8-16(9-11-29)22(30)28-35(32,33)14-15-6-4-3-5-7-15;1-2-16-17(12-26)21(27-19(20(24)25)18(16)23(31)32)29-10-8-15(9-11-29)22(30)28-35(33,34)13-14-6-4-3-5-7-14/h3-7,12,16,20H,2,8-11,14H2,1H3,(H,28,30);3-7,15,20H,2,8-11,13H2,1H3,(H,28,30)(H,31,32). The van der Waals surface area contributed by atoms with Crippen LogP contribution in [0.1, 0.15) is 112 Å². The molecule has 2 saturated heterocycles. The molecule has 0 bridgehead atoms. The van der Waals surface area contributed by atoms with E-state index in [0.717, 1.165) is 6.07 Å². The number of rotatable bonds is 16. The fourth-order valence-electron chi connectivity index (χ4n) is 7.96. The second-order valence-electron chi connectivity index (χ2n) is 16.0. The van der Waals surface area contributed by atoms with E-state index in [4.69, 9.17) is 4.74 Å². The van der Waals surface area contributed by atoms with Gasteiger partial charge in [0.05, 0.1) is 40.4 Å². The van der Waals surface area contributed by atoms with E-state index in [2.05, 4.69) is 19.4 Å². The number of benzene rings is 2. The lowest BCUT2D eigenvalue weighted by Crippen LogP contribution is -2.43. The number of carboxylic acids is 1. The van der Waals surface area contributed by atoms with Gasteiger partial charge in [0.25, 0.3) is 12.9 Å². The molecular weight excluding hydrogens is 965 g/mol. The third-order valence-corrected chi connectivity index (χ3v) is 13.7. The number of halogens is 4. The van der Waals surface area contributed by atoms with Crippen molar-refractivity contribution in [2.45, 2.75) is 70.3 Å². The number of hydrogen-bond donors (Lipinski definition) is 3. The first-order chi connectivity index (χ1) is 33.2. The minimum Gasteiger partial charge on any atom is -0.478 e. The number of nitrogens with one attached hydrogen (secondary N) is 2. The molecule has 0 spiro atoms. The van der Waals surface area contributed by atoms with Crippen LogP contribution in [-0.2, 0) is 52.3 Å². The molecule has 18 nitrogen and oxygen atoms in total. The van der Waals surface area contributed by atoms with E-state index < -0.39 is 91.0 Å². The van der Waals surface area contributed by atoms with Gasteiger partial charge in [-0.2, -0.15) is 10.5 Å². The van der Waals surface area contributed by atoms with Crippen molar-refractivity contribution >= 4 is 55.4 Å². The zero-order valence-corrected chi connectivity index (χ0v) is 39.4. The maximum atomic E-state index is 13.6. The molecular formula is C46H48F4N8O10S2. The Hall–Kier alpha value is -7.18. The van der Waals surface area contributed by atoms with Crippen molar-refractivity contribution in [2.75, 3.05) is 42.6 Å². The predicted octanol–water partition coefficient (Wildman–Crippen LogP) is 5.94. The lowest BCUT2D eigenvalue weighted by molar-refractivity contribution is -0.124. The summed E-state index contributed by atoms with van der Waals surface area (Å²) in [4.78, 5) is 59.7. The number of amides is 2. The number of sulfonamides is 2. The van der Waals surface area contributed by atoms with Gasteiger partial charge >= 0.3 is 11.9 Å².